The molecule has 2 heteroatoms. The molecule has 0 saturated heterocycles. The number of ether oxygens (including phenoxy) is 1. The Labute approximate surface area is 104 Å². The fraction of sp³-hybridized carbons (Fsp3) is 0.600. The van der Waals surface area contributed by atoms with Crippen LogP contribution in [0.5, 0.6) is 0 Å². The summed E-state index contributed by atoms with van der Waals surface area (Å²) in [5.74, 6) is 0.733. The molecule has 94 valence electrons. The summed E-state index contributed by atoms with van der Waals surface area (Å²) < 4.78 is 5.66. The topological polar surface area (TPSA) is 21.3 Å². The minimum Gasteiger partial charge on any atom is -0.375 e. The van der Waals surface area contributed by atoms with E-state index in [0.717, 1.165) is 25.7 Å². The molecule has 1 fully saturated rings. The van der Waals surface area contributed by atoms with Gasteiger partial charge in [-0.3, -0.25) is 0 Å². The third-order valence-electron chi connectivity index (χ3n) is 3.73. The van der Waals surface area contributed by atoms with Crippen LogP contribution in [0.3, 0.4) is 0 Å². The van der Waals surface area contributed by atoms with Gasteiger partial charge in [0.05, 0.1) is 13.2 Å². The van der Waals surface area contributed by atoms with Gasteiger partial charge in [0.1, 0.15) is 0 Å². The molecule has 2 nitrogen and oxygen atoms in total. The van der Waals surface area contributed by atoms with Crippen molar-refractivity contribution in [1.29, 1.82) is 0 Å². The lowest BCUT2D eigenvalue weighted by Crippen LogP contribution is -2.38. The summed E-state index contributed by atoms with van der Waals surface area (Å²) in [6, 6.07) is 10.3. The molecule has 1 saturated carbocycles. The number of hydrogen-bond donors (Lipinski definition) is 1. The van der Waals surface area contributed by atoms with E-state index < -0.39 is 0 Å². The molecule has 0 aromatic heterocycles. The SMILES string of the molecule is CC(C)C1(NCCOCc2ccccc2)CC1. The highest BCUT2D eigenvalue weighted by Crippen LogP contribution is 2.41. The van der Waals surface area contributed by atoms with Crippen LogP contribution in [0.4, 0.5) is 0 Å². The Morgan fingerprint density at radius 3 is 2.53 bits per heavy atom. The Bertz CT molecular complexity index is 330. The minimum absolute atomic E-state index is 0.427. The molecule has 1 aliphatic rings. The van der Waals surface area contributed by atoms with E-state index in [-0.39, 0.29) is 0 Å². The molecule has 0 unspecified atom stereocenters. The first kappa shape index (κ1) is 12.6. The van der Waals surface area contributed by atoms with E-state index in [9.17, 15) is 0 Å². The molecule has 0 amide bonds. The van der Waals surface area contributed by atoms with Gasteiger partial charge in [0.2, 0.25) is 0 Å². The Hall–Kier alpha value is -0.860. The molecule has 0 spiro atoms. The van der Waals surface area contributed by atoms with E-state index >= 15 is 0 Å². The number of rotatable bonds is 7. The monoisotopic (exact) mass is 233 g/mol. The molecule has 1 aliphatic carbocycles. The van der Waals surface area contributed by atoms with Gasteiger partial charge in [-0.25, -0.2) is 0 Å². The van der Waals surface area contributed by atoms with Crippen molar-refractivity contribution < 1.29 is 4.74 Å². The van der Waals surface area contributed by atoms with Crippen molar-refractivity contribution in [3.8, 4) is 0 Å². The minimum atomic E-state index is 0.427. The summed E-state index contributed by atoms with van der Waals surface area (Å²) >= 11 is 0. The van der Waals surface area contributed by atoms with Gasteiger partial charge in [-0.15, -0.1) is 0 Å². The van der Waals surface area contributed by atoms with Crippen molar-refractivity contribution in [3.63, 3.8) is 0 Å². The van der Waals surface area contributed by atoms with Gasteiger partial charge in [-0.1, -0.05) is 44.2 Å². The molecular formula is C15H23NO. The molecule has 0 aliphatic heterocycles. The van der Waals surface area contributed by atoms with Gasteiger partial charge in [0.25, 0.3) is 0 Å². The van der Waals surface area contributed by atoms with Crippen LogP contribution >= 0.6 is 0 Å². The fourth-order valence-corrected chi connectivity index (χ4v) is 2.23. The van der Waals surface area contributed by atoms with Crippen molar-refractivity contribution in [1.82, 2.24) is 5.32 Å². The van der Waals surface area contributed by atoms with Gasteiger partial charge in [-0.2, -0.15) is 0 Å². The number of benzene rings is 1. The first-order valence-electron chi connectivity index (χ1n) is 6.60. The van der Waals surface area contributed by atoms with E-state index in [1.54, 1.807) is 0 Å². The Balaban J connectivity index is 1.58. The molecule has 1 aromatic carbocycles. The summed E-state index contributed by atoms with van der Waals surface area (Å²) in [6.45, 7) is 7.07. The number of hydrogen-bond acceptors (Lipinski definition) is 2. The van der Waals surface area contributed by atoms with Crippen molar-refractivity contribution in [2.24, 2.45) is 5.92 Å². The lowest BCUT2D eigenvalue weighted by atomic mass is 10.0. The second kappa shape index (κ2) is 5.65. The van der Waals surface area contributed by atoms with Crippen LogP contribution in [0.1, 0.15) is 32.3 Å². The maximum Gasteiger partial charge on any atom is 0.0717 e. The van der Waals surface area contributed by atoms with Crippen molar-refractivity contribution >= 4 is 0 Å². The summed E-state index contributed by atoms with van der Waals surface area (Å²) in [5.41, 5.74) is 1.67. The lowest BCUT2D eigenvalue weighted by molar-refractivity contribution is 0.118. The van der Waals surface area contributed by atoms with Crippen LogP contribution in [0, 0.1) is 5.92 Å². The molecule has 2 rings (SSSR count). The zero-order valence-electron chi connectivity index (χ0n) is 10.9. The first-order valence-corrected chi connectivity index (χ1v) is 6.60. The summed E-state index contributed by atoms with van der Waals surface area (Å²) in [6.07, 6.45) is 2.65. The maximum absolute atomic E-state index is 5.66. The van der Waals surface area contributed by atoms with Gasteiger partial charge in [0, 0.05) is 12.1 Å². The largest absolute Gasteiger partial charge is 0.375 e. The quantitative estimate of drug-likeness (QED) is 0.731. The standard InChI is InChI=1S/C15H23NO/c1-13(2)15(8-9-15)16-10-11-17-12-14-6-4-3-5-7-14/h3-7,13,16H,8-12H2,1-2H3. The summed E-state index contributed by atoms with van der Waals surface area (Å²) in [7, 11) is 0. The normalized spacial score (nSPS) is 17.4. The third-order valence-corrected chi connectivity index (χ3v) is 3.73. The Kier molecular flexibility index (Phi) is 4.19. The van der Waals surface area contributed by atoms with Crippen molar-refractivity contribution in [3.05, 3.63) is 35.9 Å². The van der Waals surface area contributed by atoms with Crippen molar-refractivity contribution in [2.45, 2.75) is 38.8 Å². The second-order valence-electron chi connectivity index (χ2n) is 5.28. The Morgan fingerprint density at radius 2 is 1.94 bits per heavy atom. The van der Waals surface area contributed by atoms with Crippen LogP contribution in [-0.4, -0.2) is 18.7 Å². The third kappa shape index (κ3) is 3.55. The van der Waals surface area contributed by atoms with Gasteiger partial charge in [-0.05, 0) is 24.3 Å². The van der Waals surface area contributed by atoms with E-state index in [2.05, 4.69) is 43.4 Å². The molecule has 0 heterocycles. The molecule has 0 atom stereocenters. The highest BCUT2D eigenvalue weighted by molar-refractivity contribution is 5.13. The van der Waals surface area contributed by atoms with E-state index in [0.29, 0.717) is 5.54 Å². The fourth-order valence-electron chi connectivity index (χ4n) is 2.23. The highest BCUT2D eigenvalue weighted by atomic mass is 16.5. The average molecular weight is 233 g/mol. The highest BCUT2D eigenvalue weighted by Gasteiger charge is 2.44. The van der Waals surface area contributed by atoms with Crippen LogP contribution in [0.15, 0.2) is 30.3 Å². The van der Waals surface area contributed by atoms with Crippen molar-refractivity contribution in [2.75, 3.05) is 13.2 Å². The van der Waals surface area contributed by atoms with E-state index in [4.69, 9.17) is 4.74 Å². The van der Waals surface area contributed by atoms with Crippen LogP contribution in [0.2, 0.25) is 0 Å². The number of nitrogens with one attached hydrogen (secondary N) is 1. The molecule has 0 radical (unpaired) electrons. The van der Waals surface area contributed by atoms with E-state index in [1.807, 2.05) is 6.07 Å². The van der Waals surface area contributed by atoms with Crippen LogP contribution in [0.25, 0.3) is 0 Å². The predicted molar refractivity (Wildman–Crippen MR) is 70.9 cm³/mol. The lowest BCUT2D eigenvalue weighted by Gasteiger charge is -2.21. The summed E-state index contributed by atoms with van der Waals surface area (Å²) in [4.78, 5) is 0. The van der Waals surface area contributed by atoms with Gasteiger partial charge < -0.3 is 10.1 Å². The van der Waals surface area contributed by atoms with Gasteiger partial charge in [0.15, 0.2) is 0 Å². The molecule has 17 heavy (non-hydrogen) atoms. The molecular weight excluding hydrogens is 210 g/mol. The van der Waals surface area contributed by atoms with Crippen LogP contribution in [-0.2, 0) is 11.3 Å². The Morgan fingerprint density at radius 1 is 1.24 bits per heavy atom. The smallest absolute Gasteiger partial charge is 0.0717 e. The summed E-state index contributed by atoms with van der Waals surface area (Å²) in [5, 5.41) is 3.63. The zero-order chi connectivity index (χ0) is 12.1. The maximum atomic E-state index is 5.66. The van der Waals surface area contributed by atoms with Crippen LogP contribution < -0.4 is 5.32 Å². The molecule has 0 bridgehead atoms. The van der Waals surface area contributed by atoms with Gasteiger partial charge >= 0.3 is 0 Å². The van der Waals surface area contributed by atoms with E-state index in [1.165, 1.54) is 18.4 Å². The average Bonchev–Trinajstić information content (AvgIpc) is 3.11. The predicted octanol–water partition coefficient (Wildman–Crippen LogP) is 2.98. The molecule has 1 aromatic rings. The second-order valence-corrected chi connectivity index (χ2v) is 5.28. The zero-order valence-corrected chi connectivity index (χ0v) is 10.9. The first-order chi connectivity index (χ1) is 8.23. The molecule has 1 N–H and O–H groups in total.